The number of rotatable bonds is 4. The van der Waals surface area contributed by atoms with Crippen LogP contribution < -0.4 is 9.47 Å². The summed E-state index contributed by atoms with van der Waals surface area (Å²) in [5, 5.41) is 0.318. The van der Waals surface area contributed by atoms with E-state index in [1.165, 1.54) is 36.0 Å². The molecule has 1 aliphatic heterocycles. The van der Waals surface area contributed by atoms with Gasteiger partial charge in [-0.25, -0.2) is 4.98 Å². The third-order valence-electron chi connectivity index (χ3n) is 2.46. The maximum Gasteiger partial charge on any atom is 0.573 e. The Morgan fingerprint density at radius 3 is 2.32 bits per heavy atom. The molecule has 0 radical (unpaired) electrons. The van der Waals surface area contributed by atoms with Crippen LogP contribution in [0.5, 0.6) is 16.7 Å². The lowest BCUT2D eigenvalue weighted by Crippen LogP contribution is -2.16. The van der Waals surface area contributed by atoms with Crippen molar-refractivity contribution in [2.24, 2.45) is 0 Å². The van der Waals surface area contributed by atoms with Gasteiger partial charge in [-0.15, -0.1) is 13.2 Å². The van der Waals surface area contributed by atoms with E-state index in [1.807, 2.05) is 0 Å². The Balaban J connectivity index is 1.63. The average molecular weight is 331 g/mol. The highest BCUT2D eigenvalue weighted by molar-refractivity contribution is 7.13. The molecule has 1 aliphatic rings. The molecule has 0 bridgehead atoms. The van der Waals surface area contributed by atoms with Crippen LogP contribution in [0.25, 0.3) is 0 Å². The number of ether oxygens (including phenoxy) is 4. The van der Waals surface area contributed by atoms with Crippen molar-refractivity contribution in [3.63, 3.8) is 0 Å². The number of hydrogen-bond donors (Lipinski definition) is 0. The van der Waals surface area contributed by atoms with Crippen molar-refractivity contribution in [1.82, 2.24) is 4.98 Å². The molecule has 2 heterocycles. The highest BCUT2D eigenvalue weighted by Gasteiger charge is 2.31. The van der Waals surface area contributed by atoms with Crippen LogP contribution in [0.2, 0.25) is 0 Å². The number of halogens is 3. The Labute approximate surface area is 126 Å². The first-order valence-electron chi connectivity index (χ1n) is 5.95. The van der Waals surface area contributed by atoms with Gasteiger partial charge in [-0.1, -0.05) is 11.3 Å². The lowest BCUT2D eigenvalue weighted by atomic mass is 10.3. The SMILES string of the molecule is FC(F)(F)Oc1ccc(Oc2ncc(C3OC=CO3)s2)cc1. The van der Waals surface area contributed by atoms with Crippen molar-refractivity contribution in [3.05, 3.63) is 47.9 Å². The van der Waals surface area contributed by atoms with Gasteiger partial charge in [0.1, 0.15) is 28.9 Å². The van der Waals surface area contributed by atoms with Gasteiger partial charge in [-0.05, 0) is 24.3 Å². The zero-order valence-electron chi connectivity index (χ0n) is 10.7. The zero-order chi connectivity index (χ0) is 15.6. The predicted octanol–water partition coefficient (Wildman–Crippen LogP) is 4.35. The minimum atomic E-state index is -4.72. The van der Waals surface area contributed by atoms with Gasteiger partial charge in [0.2, 0.25) is 0 Å². The van der Waals surface area contributed by atoms with Gasteiger partial charge >= 0.3 is 6.36 Å². The molecule has 0 fully saturated rings. The molecule has 1 aromatic carbocycles. The lowest BCUT2D eigenvalue weighted by molar-refractivity contribution is -0.274. The van der Waals surface area contributed by atoms with Crippen molar-refractivity contribution in [1.29, 1.82) is 0 Å². The van der Waals surface area contributed by atoms with Gasteiger partial charge in [-0.2, -0.15) is 0 Å². The fourth-order valence-electron chi connectivity index (χ4n) is 1.61. The molecule has 0 saturated carbocycles. The Hall–Kier alpha value is -2.42. The molecular formula is C13H8F3NO4S. The van der Waals surface area contributed by atoms with Crippen LogP contribution in [0.3, 0.4) is 0 Å². The Morgan fingerprint density at radius 2 is 1.68 bits per heavy atom. The second kappa shape index (κ2) is 5.76. The molecule has 9 heteroatoms. The van der Waals surface area contributed by atoms with Gasteiger partial charge in [0.25, 0.3) is 11.5 Å². The van der Waals surface area contributed by atoms with E-state index in [0.29, 0.717) is 15.8 Å². The minimum absolute atomic E-state index is 0.318. The fourth-order valence-corrected chi connectivity index (χ4v) is 2.37. The third-order valence-corrected chi connectivity index (χ3v) is 3.35. The van der Waals surface area contributed by atoms with Crippen LogP contribution >= 0.6 is 11.3 Å². The van der Waals surface area contributed by atoms with E-state index in [-0.39, 0.29) is 5.75 Å². The monoisotopic (exact) mass is 331 g/mol. The zero-order valence-corrected chi connectivity index (χ0v) is 11.6. The Kier molecular flexibility index (Phi) is 3.80. The number of thiazole rings is 1. The predicted molar refractivity (Wildman–Crippen MR) is 69.4 cm³/mol. The quantitative estimate of drug-likeness (QED) is 0.833. The summed E-state index contributed by atoms with van der Waals surface area (Å²) in [5.41, 5.74) is 0. The molecule has 0 spiro atoms. The molecule has 2 aromatic rings. The van der Waals surface area contributed by atoms with Crippen LogP contribution in [-0.4, -0.2) is 11.3 Å². The molecule has 3 rings (SSSR count). The standard InChI is InChI=1S/C13H8F3NO4S/c14-13(15,16)21-9-3-1-8(2-4-9)20-12-17-7-10(22-12)11-18-5-6-19-11/h1-7,11H. The highest BCUT2D eigenvalue weighted by Crippen LogP contribution is 2.34. The minimum Gasteiger partial charge on any atom is -0.454 e. The van der Waals surface area contributed by atoms with Crippen LogP contribution in [0.4, 0.5) is 13.2 Å². The van der Waals surface area contributed by atoms with Crippen LogP contribution in [-0.2, 0) is 9.47 Å². The summed E-state index contributed by atoms with van der Waals surface area (Å²) in [6.45, 7) is 0. The van der Waals surface area contributed by atoms with Gasteiger partial charge in [0.05, 0.1) is 6.20 Å². The summed E-state index contributed by atoms with van der Waals surface area (Å²) < 4.78 is 55.7. The number of nitrogens with zero attached hydrogens (tertiary/aromatic N) is 1. The second-order valence-electron chi connectivity index (χ2n) is 4.03. The average Bonchev–Trinajstić information content (AvgIpc) is 3.10. The normalized spacial score (nSPS) is 14.5. The van der Waals surface area contributed by atoms with Gasteiger partial charge in [-0.3, -0.25) is 0 Å². The van der Waals surface area contributed by atoms with Gasteiger partial charge < -0.3 is 18.9 Å². The first-order valence-corrected chi connectivity index (χ1v) is 6.76. The van der Waals surface area contributed by atoms with Crippen molar-refractivity contribution < 1.29 is 32.1 Å². The molecule has 1 aromatic heterocycles. The van der Waals surface area contributed by atoms with E-state index in [4.69, 9.17) is 14.2 Å². The van der Waals surface area contributed by atoms with Gasteiger partial charge in [0.15, 0.2) is 0 Å². The van der Waals surface area contributed by atoms with Crippen LogP contribution in [0.15, 0.2) is 43.0 Å². The lowest BCUT2D eigenvalue weighted by Gasteiger charge is -2.09. The van der Waals surface area contributed by atoms with Crippen LogP contribution in [0, 0.1) is 0 Å². The van der Waals surface area contributed by atoms with Crippen molar-refractivity contribution in [3.8, 4) is 16.7 Å². The van der Waals surface area contributed by atoms with Crippen molar-refractivity contribution in [2.45, 2.75) is 12.7 Å². The largest absolute Gasteiger partial charge is 0.573 e. The Morgan fingerprint density at radius 1 is 1.05 bits per heavy atom. The molecule has 22 heavy (non-hydrogen) atoms. The van der Waals surface area contributed by atoms with Crippen LogP contribution in [0.1, 0.15) is 11.2 Å². The second-order valence-corrected chi connectivity index (χ2v) is 5.05. The topological polar surface area (TPSA) is 49.8 Å². The molecular weight excluding hydrogens is 323 g/mol. The molecule has 116 valence electrons. The third kappa shape index (κ3) is 3.61. The van der Waals surface area contributed by atoms with E-state index in [0.717, 1.165) is 12.1 Å². The smallest absolute Gasteiger partial charge is 0.454 e. The summed E-state index contributed by atoms with van der Waals surface area (Å²) in [6, 6.07) is 5.02. The number of hydrogen-bond acceptors (Lipinski definition) is 6. The Bertz CT molecular complexity index is 661. The molecule has 0 amide bonds. The summed E-state index contributed by atoms with van der Waals surface area (Å²) in [5.74, 6) is 0.0142. The molecule has 0 N–H and O–H groups in total. The van der Waals surface area contributed by atoms with Gasteiger partial charge in [0, 0.05) is 0 Å². The molecule has 5 nitrogen and oxygen atoms in total. The highest BCUT2D eigenvalue weighted by atomic mass is 32.1. The van der Waals surface area contributed by atoms with E-state index >= 15 is 0 Å². The fraction of sp³-hybridized carbons (Fsp3) is 0.154. The molecule has 0 saturated heterocycles. The molecule has 0 aliphatic carbocycles. The maximum atomic E-state index is 12.0. The first-order chi connectivity index (χ1) is 10.5. The molecule has 0 atom stereocenters. The first kappa shape index (κ1) is 14.5. The summed E-state index contributed by atoms with van der Waals surface area (Å²) in [7, 11) is 0. The van der Waals surface area contributed by atoms with E-state index in [2.05, 4.69) is 9.72 Å². The van der Waals surface area contributed by atoms with Crippen molar-refractivity contribution in [2.75, 3.05) is 0 Å². The maximum absolute atomic E-state index is 12.0. The summed E-state index contributed by atoms with van der Waals surface area (Å²) >= 11 is 1.20. The van der Waals surface area contributed by atoms with Crippen molar-refractivity contribution >= 4 is 11.3 Å². The van der Waals surface area contributed by atoms with E-state index in [9.17, 15) is 13.2 Å². The summed E-state index contributed by atoms with van der Waals surface area (Å²) in [4.78, 5) is 4.74. The van der Waals surface area contributed by atoms with E-state index in [1.54, 1.807) is 6.20 Å². The number of aromatic nitrogens is 1. The molecule has 0 unspecified atom stereocenters. The summed E-state index contributed by atoms with van der Waals surface area (Å²) in [6.07, 6.45) is -0.882. The van der Waals surface area contributed by atoms with E-state index < -0.39 is 12.7 Å². The number of alkyl halides is 3. The number of benzene rings is 1.